The molecule has 1 saturated carbocycles. The fourth-order valence-electron chi connectivity index (χ4n) is 7.51. The highest BCUT2D eigenvalue weighted by atomic mass is 16.2. The molecule has 3 aromatic rings. The lowest BCUT2D eigenvalue weighted by atomic mass is 9.69. The van der Waals surface area contributed by atoms with Crippen LogP contribution in [0.15, 0.2) is 66.9 Å². The van der Waals surface area contributed by atoms with Crippen molar-refractivity contribution in [2.75, 3.05) is 0 Å². The number of carbonyl (C=O) groups excluding carboxylic acids is 2. The Morgan fingerprint density at radius 2 is 1.63 bits per heavy atom. The number of fused-ring (bicyclic) bond motifs is 2. The molecule has 1 aliphatic carbocycles. The van der Waals surface area contributed by atoms with E-state index < -0.39 is 0 Å². The Labute approximate surface area is 207 Å². The molecule has 2 amide bonds. The van der Waals surface area contributed by atoms with E-state index in [1.807, 2.05) is 36.4 Å². The van der Waals surface area contributed by atoms with E-state index in [1.54, 1.807) is 13.1 Å². The van der Waals surface area contributed by atoms with Gasteiger partial charge < -0.3 is 9.80 Å². The first-order valence-corrected chi connectivity index (χ1v) is 13.0. The number of nitrogens with zero attached hydrogens (tertiary/aromatic N) is 3. The van der Waals surface area contributed by atoms with E-state index in [4.69, 9.17) is 0 Å². The molecule has 2 aliphatic heterocycles. The van der Waals surface area contributed by atoms with E-state index in [0.717, 1.165) is 49.3 Å². The standard InChI is InChI=1S/C30H33N3O2/c1-20(34)32-25-19-30(2)26(32)14-8-9-15-27(30)33(24(25)18-21-10-4-3-5-11-21)29(35)28-23-13-7-6-12-22(23)16-17-31-28/h3-7,10-13,16-17,24-27H,8-9,14-15,18-19H2,1-2H3/t24-,25-,26-,27+,30-/m0/s1. The second-order valence-corrected chi connectivity index (χ2v) is 10.9. The summed E-state index contributed by atoms with van der Waals surface area (Å²) in [6.45, 7) is 4.04. The van der Waals surface area contributed by atoms with Crippen LogP contribution >= 0.6 is 0 Å². The zero-order valence-corrected chi connectivity index (χ0v) is 20.6. The van der Waals surface area contributed by atoms with Gasteiger partial charge in [0.1, 0.15) is 5.69 Å². The van der Waals surface area contributed by atoms with Crippen molar-refractivity contribution in [1.82, 2.24) is 14.8 Å². The van der Waals surface area contributed by atoms with Crippen LogP contribution in [-0.2, 0) is 11.2 Å². The average Bonchev–Trinajstić information content (AvgIpc) is 3.03. The van der Waals surface area contributed by atoms with Gasteiger partial charge in [-0.05, 0) is 42.7 Å². The smallest absolute Gasteiger partial charge is 0.273 e. The van der Waals surface area contributed by atoms with E-state index >= 15 is 0 Å². The van der Waals surface area contributed by atoms with Gasteiger partial charge in [0.25, 0.3) is 5.91 Å². The van der Waals surface area contributed by atoms with Crippen molar-refractivity contribution in [1.29, 1.82) is 0 Å². The van der Waals surface area contributed by atoms with Crippen LogP contribution in [-0.4, -0.2) is 50.8 Å². The summed E-state index contributed by atoms with van der Waals surface area (Å²) in [4.78, 5) is 36.6. The van der Waals surface area contributed by atoms with Crippen LogP contribution in [0.1, 0.15) is 62.0 Å². The third-order valence-electron chi connectivity index (χ3n) is 8.97. The van der Waals surface area contributed by atoms with E-state index in [0.29, 0.717) is 5.69 Å². The molecule has 3 fully saturated rings. The Hall–Kier alpha value is -3.21. The minimum Gasteiger partial charge on any atom is -0.334 e. The molecule has 0 unspecified atom stereocenters. The van der Waals surface area contributed by atoms with Crippen molar-refractivity contribution in [2.45, 2.75) is 76.5 Å². The second kappa shape index (κ2) is 8.47. The molecule has 5 atom stereocenters. The predicted octanol–water partition coefficient (Wildman–Crippen LogP) is 5.24. The molecule has 0 radical (unpaired) electrons. The number of rotatable bonds is 3. The first-order valence-electron chi connectivity index (χ1n) is 13.0. The SMILES string of the molecule is CC(=O)N1[C@H]2CCCC[C@H]3N(C(=O)c4nccc5ccccc45)[C@@H](Cc4ccccc4)[C@@H]1C[C@@]23C. The summed E-state index contributed by atoms with van der Waals surface area (Å²) in [5.74, 6) is 0.148. The Bertz CT molecular complexity index is 1270. The zero-order chi connectivity index (χ0) is 24.2. The molecule has 3 aliphatic rings. The van der Waals surface area contributed by atoms with Crippen molar-refractivity contribution in [2.24, 2.45) is 5.41 Å². The van der Waals surface area contributed by atoms with Gasteiger partial charge in [-0.15, -0.1) is 0 Å². The molecule has 2 aromatic carbocycles. The summed E-state index contributed by atoms with van der Waals surface area (Å²) < 4.78 is 0. The molecule has 35 heavy (non-hydrogen) atoms. The normalized spacial score (nSPS) is 29.8. The quantitative estimate of drug-likeness (QED) is 0.529. The number of likely N-dealkylation sites (tertiary alicyclic amines) is 2. The maximum atomic E-state index is 14.5. The Morgan fingerprint density at radius 3 is 2.37 bits per heavy atom. The van der Waals surface area contributed by atoms with Crippen molar-refractivity contribution in [3.8, 4) is 0 Å². The van der Waals surface area contributed by atoms with Gasteiger partial charge in [-0.3, -0.25) is 14.6 Å². The lowest BCUT2D eigenvalue weighted by molar-refractivity contribution is -0.132. The summed E-state index contributed by atoms with van der Waals surface area (Å²) in [5, 5.41) is 1.93. The van der Waals surface area contributed by atoms with Gasteiger partial charge in [-0.25, -0.2) is 0 Å². The van der Waals surface area contributed by atoms with Crippen LogP contribution < -0.4 is 0 Å². The maximum Gasteiger partial charge on any atom is 0.273 e. The van der Waals surface area contributed by atoms with Gasteiger partial charge in [-0.2, -0.15) is 0 Å². The minimum atomic E-state index is -0.0970. The lowest BCUT2D eigenvalue weighted by Gasteiger charge is -2.50. The molecular weight excluding hydrogens is 434 g/mol. The molecular formula is C30H33N3O2. The number of piperidine rings is 1. The predicted molar refractivity (Wildman–Crippen MR) is 137 cm³/mol. The highest BCUT2D eigenvalue weighted by Crippen LogP contribution is 2.55. The van der Waals surface area contributed by atoms with Crippen LogP contribution in [0, 0.1) is 5.41 Å². The highest BCUT2D eigenvalue weighted by Gasteiger charge is 2.63. The Kier molecular flexibility index (Phi) is 5.39. The molecule has 2 saturated heterocycles. The maximum absolute atomic E-state index is 14.5. The van der Waals surface area contributed by atoms with E-state index in [-0.39, 0.29) is 41.4 Å². The molecule has 5 nitrogen and oxygen atoms in total. The summed E-state index contributed by atoms with van der Waals surface area (Å²) in [5.41, 5.74) is 1.63. The molecule has 3 heterocycles. The lowest BCUT2D eigenvalue weighted by Crippen LogP contribution is -2.62. The van der Waals surface area contributed by atoms with E-state index in [1.165, 1.54) is 5.56 Å². The van der Waals surface area contributed by atoms with Gasteiger partial charge >= 0.3 is 0 Å². The van der Waals surface area contributed by atoms with Crippen LogP contribution in [0.3, 0.4) is 0 Å². The minimum absolute atomic E-state index is 0.00899. The van der Waals surface area contributed by atoms with Crippen LogP contribution in [0.2, 0.25) is 0 Å². The fourth-order valence-corrected chi connectivity index (χ4v) is 7.51. The largest absolute Gasteiger partial charge is 0.334 e. The Balaban J connectivity index is 1.52. The van der Waals surface area contributed by atoms with Crippen molar-refractivity contribution in [3.63, 3.8) is 0 Å². The number of hydrogen-bond donors (Lipinski definition) is 0. The highest BCUT2D eigenvalue weighted by molar-refractivity contribution is 6.05. The fraction of sp³-hybridized carbons (Fsp3) is 0.433. The molecule has 2 bridgehead atoms. The van der Waals surface area contributed by atoms with Gasteiger partial charge in [0.05, 0.1) is 12.1 Å². The summed E-state index contributed by atoms with van der Waals surface area (Å²) in [6, 6.07) is 20.6. The number of amides is 2. The first-order chi connectivity index (χ1) is 17.0. The van der Waals surface area contributed by atoms with Crippen LogP contribution in [0.25, 0.3) is 10.8 Å². The number of hydrogen-bond acceptors (Lipinski definition) is 3. The number of pyridine rings is 1. The molecule has 0 N–H and O–H groups in total. The van der Waals surface area contributed by atoms with Crippen molar-refractivity contribution in [3.05, 3.63) is 78.1 Å². The summed E-state index contributed by atoms with van der Waals surface area (Å²) in [6.07, 6.45) is 7.64. The third-order valence-corrected chi connectivity index (χ3v) is 8.97. The van der Waals surface area contributed by atoms with Crippen LogP contribution in [0.5, 0.6) is 0 Å². The van der Waals surface area contributed by atoms with E-state index in [9.17, 15) is 9.59 Å². The topological polar surface area (TPSA) is 53.5 Å². The van der Waals surface area contributed by atoms with Gasteiger partial charge in [-0.1, -0.05) is 74.4 Å². The van der Waals surface area contributed by atoms with Crippen LogP contribution in [0.4, 0.5) is 0 Å². The number of carbonyl (C=O) groups is 2. The molecule has 0 spiro atoms. The Morgan fingerprint density at radius 1 is 0.943 bits per heavy atom. The number of benzene rings is 2. The summed E-state index contributed by atoms with van der Waals surface area (Å²) >= 11 is 0. The van der Waals surface area contributed by atoms with Gasteiger partial charge in [0, 0.05) is 36.0 Å². The average molecular weight is 468 g/mol. The van der Waals surface area contributed by atoms with Gasteiger partial charge in [0.2, 0.25) is 5.91 Å². The zero-order valence-electron chi connectivity index (χ0n) is 20.6. The van der Waals surface area contributed by atoms with Crippen molar-refractivity contribution >= 4 is 22.6 Å². The third kappa shape index (κ3) is 3.47. The molecule has 5 heteroatoms. The van der Waals surface area contributed by atoms with E-state index in [2.05, 4.69) is 46.0 Å². The molecule has 6 rings (SSSR count). The monoisotopic (exact) mass is 467 g/mol. The second-order valence-electron chi connectivity index (χ2n) is 10.9. The molecule has 1 aromatic heterocycles. The first kappa shape index (κ1) is 22.3. The molecule has 180 valence electrons. The van der Waals surface area contributed by atoms with Crippen molar-refractivity contribution < 1.29 is 9.59 Å². The summed E-state index contributed by atoms with van der Waals surface area (Å²) in [7, 11) is 0. The van der Waals surface area contributed by atoms with Gasteiger partial charge in [0.15, 0.2) is 0 Å². The number of aromatic nitrogens is 1.